The summed E-state index contributed by atoms with van der Waals surface area (Å²) in [5.74, 6) is -1.85. The summed E-state index contributed by atoms with van der Waals surface area (Å²) >= 11 is 0. The Labute approximate surface area is 124 Å². The number of benzene rings is 1. The Morgan fingerprint density at radius 3 is 2.35 bits per heavy atom. The molecule has 20 heavy (non-hydrogen) atoms. The predicted octanol–water partition coefficient (Wildman–Crippen LogP) is 1.97. The van der Waals surface area contributed by atoms with Crippen LogP contribution < -0.4 is 10.0 Å². The minimum Gasteiger partial charge on any atom is -0.315 e. The van der Waals surface area contributed by atoms with Gasteiger partial charge in [0.2, 0.25) is 10.0 Å². The fourth-order valence-corrected chi connectivity index (χ4v) is 2.66. The lowest BCUT2D eigenvalue weighted by Gasteiger charge is -2.09. The highest BCUT2D eigenvalue weighted by Crippen LogP contribution is 2.18. The minimum absolute atomic E-state index is 0. The van der Waals surface area contributed by atoms with E-state index in [1.165, 1.54) is 6.92 Å². The van der Waals surface area contributed by atoms with Gasteiger partial charge >= 0.3 is 0 Å². The minimum atomic E-state index is -3.95. The van der Waals surface area contributed by atoms with Gasteiger partial charge in [0.1, 0.15) is 16.5 Å². The zero-order valence-corrected chi connectivity index (χ0v) is 13.0. The van der Waals surface area contributed by atoms with E-state index in [4.69, 9.17) is 0 Å². The first kappa shape index (κ1) is 19.2. The molecule has 0 aliphatic carbocycles. The molecule has 0 saturated heterocycles. The zero-order chi connectivity index (χ0) is 14.5. The lowest BCUT2D eigenvalue weighted by atomic mass is 10.2. The maximum absolute atomic E-state index is 13.5. The van der Waals surface area contributed by atoms with Crippen molar-refractivity contribution in [1.29, 1.82) is 0 Å². The number of aryl methyl sites for hydroxylation is 1. The van der Waals surface area contributed by atoms with Gasteiger partial charge in [0, 0.05) is 19.2 Å². The highest BCUT2D eigenvalue weighted by atomic mass is 35.5. The van der Waals surface area contributed by atoms with Crippen molar-refractivity contribution < 1.29 is 17.2 Å². The molecule has 0 spiro atoms. The zero-order valence-electron chi connectivity index (χ0n) is 11.4. The Kier molecular flexibility index (Phi) is 8.19. The molecule has 0 bridgehead atoms. The molecule has 8 heteroatoms. The number of hydrogen-bond acceptors (Lipinski definition) is 3. The smallest absolute Gasteiger partial charge is 0.243 e. The highest BCUT2D eigenvalue weighted by molar-refractivity contribution is 7.89. The maximum atomic E-state index is 13.5. The lowest BCUT2D eigenvalue weighted by Crippen LogP contribution is -2.32. The van der Waals surface area contributed by atoms with Gasteiger partial charge in [-0.1, -0.05) is 6.92 Å². The summed E-state index contributed by atoms with van der Waals surface area (Å²) in [6.07, 6.45) is 0.943. The molecule has 0 aromatic heterocycles. The van der Waals surface area contributed by atoms with Gasteiger partial charge in [-0.15, -0.1) is 12.4 Å². The van der Waals surface area contributed by atoms with Crippen LogP contribution in [0, 0.1) is 18.6 Å². The molecule has 0 atom stereocenters. The van der Waals surface area contributed by atoms with Crippen molar-refractivity contribution in [3.63, 3.8) is 0 Å². The largest absolute Gasteiger partial charge is 0.315 e. The Bertz CT molecular complexity index is 539. The van der Waals surface area contributed by atoms with E-state index in [9.17, 15) is 17.2 Å². The Hall–Kier alpha value is -0.760. The molecule has 0 saturated carbocycles. The molecule has 0 aliphatic rings. The van der Waals surface area contributed by atoms with Crippen LogP contribution in [0.25, 0.3) is 0 Å². The molecule has 0 aliphatic heterocycles. The second-order valence-corrected chi connectivity index (χ2v) is 5.91. The van der Waals surface area contributed by atoms with Gasteiger partial charge in [-0.05, 0) is 31.5 Å². The molecule has 1 aromatic rings. The van der Waals surface area contributed by atoms with Gasteiger partial charge in [0.25, 0.3) is 0 Å². The molecule has 1 aromatic carbocycles. The summed E-state index contributed by atoms with van der Waals surface area (Å²) in [6, 6.07) is 1.58. The van der Waals surface area contributed by atoms with Gasteiger partial charge in [0.15, 0.2) is 0 Å². The Morgan fingerprint density at radius 1 is 1.10 bits per heavy atom. The summed E-state index contributed by atoms with van der Waals surface area (Å²) < 4.78 is 52.5. The number of sulfonamides is 1. The van der Waals surface area contributed by atoms with Gasteiger partial charge in [0.05, 0.1) is 0 Å². The van der Waals surface area contributed by atoms with Gasteiger partial charge in [-0.25, -0.2) is 21.9 Å². The number of hydrogen-bond donors (Lipinski definition) is 2. The molecule has 0 radical (unpaired) electrons. The topological polar surface area (TPSA) is 58.2 Å². The maximum Gasteiger partial charge on any atom is 0.243 e. The summed E-state index contributed by atoms with van der Waals surface area (Å²) in [6.45, 7) is 4.77. The SMILES string of the molecule is CCCNCCNS(=O)(=O)c1cc(C)c(F)cc1F.Cl. The van der Waals surface area contributed by atoms with Crippen LogP contribution >= 0.6 is 12.4 Å². The van der Waals surface area contributed by atoms with Crippen molar-refractivity contribution in [2.24, 2.45) is 0 Å². The highest BCUT2D eigenvalue weighted by Gasteiger charge is 2.20. The van der Waals surface area contributed by atoms with E-state index in [1.54, 1.807) is 0 Å². The fraction of sp³-hybridized carbons (Fsp3) is 0.500. The third-order valence-corrected chi connectivity index (χ3v) is 4.00. The van der Waals surface area contributed by atoms with Crippen LogP contribution in [-0.2, 0) is 10.0 Å². The van der Waals surface area contributed by atoms with Crippen LogP contribution in [0.3, 0.4) is 0 Å². The summed E-state index contributed by atoms with van der Waals surface area (Å²) in [7, 11) is -3.95. The van der Waals surface area contributed by atoms with E-state index >= 15 is 0 Å². The fourth-order valence-electron chi connectivity index (χ4n) is 1.49. The van der Waals surface area contributed by atoms with Crippen molar-refractivity contribution in [2.75, 3.05) is 19.6 Å². The van der Waals surface area contributed by atoms with Crippen LogP contribution in [-0.4, -0.2) is 28.1 Å². The lowest BCUT2D eigenvalue weighted by molar-refractivity contribution is 0.538. The van der Waals surface area contributed by atoms with Crippen LogP contribution in [0.5, 0.6) is 0 Å². The van der Waals surface area contributed by atoms with Gasteiger partial charge in [-0.3, -0.25) is 0 Å². The first-order valence-electron chi connectivity index (χ1n) is 6.04. The number of rotatable bonds is 7. The number of nitrogens with one attached hydrogen (secondary N) is 2. The second-order valence-electron chi connectivity index (χ2n) is 4.18. The predicted molar refractivity (Wildman–Crippen MR) is 76.7 cm³/mol. The molecule has 0 heterocycles. The van der Waals surface area contributed by atoms with E-state index in [-0.39, 0.29) is 24.5 Å². The van der Waals surface area contributed by atoms with E-state index in [2.05, 4.69) is 10.0 Å². The third-order valence-electron chi connectivity index (χ3n) is 2.52. The molecular formula is C12H19ClF2N2O2S. The van der Waals surface area contributed by atoms with Crippen molar-refractivity contribution in [2.45, 2.75) is 25.2 Å². The van der Waals surface area contributed by atoms with Crippen LogP contribution in [0.4, 0.5) is 8.78 Å². The Morgan fingerprint density at radius 2 is 1.75 bits per heavy atom. The molecule has 0 unspecified atom stereocenters. The quantitative estimate of drug-likeness (QED) is 0.752. The standard InChI is InChI=1S/C12H18F2N2O2S.ClH/c1-3-4-15-5-6-16-19(17,18)12-7-9(2)10(13)8-11(12)14;/h7-8,15-16H,3-6H2,1-2H3;1H. The Balaban J connectivity index is 0.00000361. The van der Waals surface area contributed by atoms with Crippen molar-refractivity contribution >= 4 is 22.4 Å². The van der Waals surface area contributed by atoms with Crippen molar-refractivity contribution in [1.82, 2.24) is 10.0 Å². The molecule has 1 rings (SSSR count). The number of halogens is 3. The molecule has 0 amide bonds. The third kappa shape index (κ3) is 5.32. The summed E-state index contributed by atoms with van der Waals surface area (Å²) in [4.78, 5) is -0.526. The van der Waals surface area contributed by atoms with Crippen molar-refractivity contribution in [3.05, 3.63) is 29.3 Å². The van der Waals surface area contributed by atoms with Crippen LogP contribution in [0.2, 0.25) is 0 Å². The monoisotopic (exact) mass is 328 g/mol. The first-order chi connectivity index (χ1) is 8.88. The van der Waals surface area contributed by atoms with Crippen molar-refractivity contribution in [3.8, 4) is 0 Å². The molecular weight excluding hydrogens is 310 g/mol. The second kappa shape index (κ2) is 8.51. The average Bonchev–Trinajstić information content (AvgIpc) is 2.33. The van der Waals surface area contributed by atoms with E-state index in [0.29, 0.717) is 12.6 Å². The average molecular weight is 329 g/mol. The molecule has 116 valence electrons. The molecule has 4 nitrogen and oxygen atoms in total. The van der Waals surface area contributed by atoms with Crippen LogP contribution in [0.1, 0.15) is 18.9 Å². The summed E-state index contributed by atoms with van der Waals surface area (Å²) in [5.41, 5.74) is 0.0888. The van der Waals surface area contributed by atoms with Gasteiger partial charge < -0.3 is 5.32 Å². The first-order valence-corrected chi connectivity index (χ1v) is 7.53. The van der Waals surface area contributed by atoms with Crippen LogP contribution in [0.15, 0.2) is 17.0 Å². The van der Waals surface area contributed by atoms with Gasteiger partial charge in [-0.2, -0.15) is 0 Å². The normalized spacial score (nSPS) is 11.2. The van der Waals surface area contributed by atoms with E-state index in [1.807, 2.05) is 6.92 Å². The van der Waals surface area contributed by atoms with E-state index in [0.717, 1.165) is 19.0 Å². The van der Waals surface area contributed by atoms with E-state index < -0.39 is 26.6 Å². The molecule has 0 fully saturated rings. The summed E-state index contributed by atoms with van der Waals surface area (Å²) in [5, 5.41) is 3.01. The molecule has 2 N–H and O–H groups in total.